The summed E-state index contributed by atoms with van der Waals surface area (Å²) < 4.78 is 26.3. The number of benzene rings is 2. The number of nitrogen functional groups attached to an aromatic ring is 2. The number of hydrogen-bond acceptors (Lipinski definition) is 10. The van der Waals surface area contributed by atoms with Crippen molar-refractivity contribution >= 4 is 43.6 Å². The number of nitrogens with zero attached hydrogens (tertiary/aromatic N) is 4. The topological polar surface area (TPSA) is 140 Å². The molecule has 0 aliphatic carbocycles. The van der Waals surface area contributed by atoms with Crippen molar-refractivity contribution in [2.45, 2.75) is 43.3 Å². The number of piperidine rings is 1. The molecule has 0 spiro atoms. The quantitative estimate of drug-likeness (QED) is 0.275. The first-order chi connectivity index (χ1) is 18.8. The Balaban J connectivity index is 1.45. The maximum absolute atomic E-state index is 13.1. The summed E-state index contributed by atoms with van der Waals surface area (Å²) in [4.78, 5) is 16.0. The van der Waals surface area contributed by atoms with Crippen LogP contribution in [0.3, 0.4) is 0 Å². The minimum Gasteiger partial charge on any atom is -0.384 e. The molecule has 39 heavy (non-hydrogen) atoms. The summed E-state index contributed by atoms with van der Waals surface area (Å²) in [5.74, 6) is 1.00. The van der Waals surface area contributed by atoms with E-state index in [1.807, 2.05) is 17.5 Å². The molecular weight excluding hydrogens is 530 g/mol. The highest BCUT2D eigenvalue weighted by molar-refractivity contribution is 7.92. The van der Waals surface area contributed by atoms with Crippen molar-refractivity contribution in [1.82, 2.24) is 20.3 Å². The van der Waals surface area contributed by atoms with Gasteiger partial charge in [0.1, 0.15) is 17.3 Å². The third kappa shape index (κ3) is 5.75. The summed E-state index contributed by atoms with van der Waals surface area (Å²) >= 11 is 1.51. The van der Waals surface area contributed by atoms with Gasteiger partial charge in [0.15, 0.2) is 20.8 Å². The van der Waals surface area contributed by atoms with Crippen LogP contribution >= 0.6 is 11.3 Å². The Kier molecular flexibility index (Phi) is 7.83. The predicted octanol–water partition coefficient (Wildman–Crippen LogP) is 4.81. The highest BCUT2D eigenvalue weighted by Crippen LogP contribution is 2.36. The van der Waals surface area contributed by atoms with Gasteiger partial charge in [0.2, 0.25) is 0 Å². The summed E-state index contributed by atoms with van der Waals surface area (Å²) in [6.07, 6.45) is 2.21. The molecule has 5 rings (SSSR count). The van der Waals surface area contributed by atoms with Crippen LogP contribution in [-0.2, 0) is 9.84 Å². The zero-order valence-corrected chi connectivity index (χ0v) is 23.7. The lowest BCUT2D eigenvalue weighted by Crippen LogP contribution is -2.35. The first-order valence-corrected chi connectivity index (χ1v) is 15.5. The van der Waals surface area contributed by atoms with Crippen LogP contribution in [0.15, 0.2) is 58.8 Å². The van der Waals surface area contributed by atoms with E-state index < -0.39 is 9.84 Å². The molecule has 204 valence electrons. The van der Waals surface area contributed by atoms with Gasteiger partial charge < -0.3 is 21.7 Å². The van der Waals surface area contributed by atoms with E-state index in [1.165, 1.54) is 17.4 Å². The van der Waals surface area contributed by atoms with Crippen LogP contribution < -0.4 is 21.7 Å². The smallest absolute Gasteiger partial charge is 0.190 e. The lowest BCUT2D eigenvalue weighted by molar-refractivity contribution is 0.496. The van der Waals surface area contributed by atoms with Gasteiger partial charge in [0.25, 0.3) is 0 Å². The van der Waals surface area contributed by atoms with Crippen LogP contribution in [-0.4, -0.2) is 48.3 Å². The number of nitrogens with two attached hydrogens (primary N) is 2. The van der Waals surface area contributed by atoms with Crippen molar-refractivity contribution in [2.24, 2.45) is 0 Å². The Morgan fingerprint density at radius 3 is 2.31 bits per heavy atom. The number of sulfone groups is 1. The van der Waals surface area contributed by atoms with E-state index in [1.54, 1.807) is 12.1 Å². The minimum absolute atomic E-state index is 0.301. The zero-order valence-electron chi connectivity index (χ0n) is 22.1. The number of rotatable bonds is 8. The maximum Gasteiger partial charge on any atom is 0.190 e. The molecule has 1 fully saturated rings. The molecule has 1 aliphatic rings. The molecule has 0 radical (unpaired) electrons. The van der Waals surface area contributed by atoms with E-state index in [0.717, 1.165) is 53.6 Å². The highest BCUT2D eigenvalue weighted by atomic mass is 32.2. The summed E-state index contributed by atoms with van der Waals surface area (Å²) in [5.41, 5.74) is 16.5. The number of aryl methyl sites for hydroxylation is 1. The average molecular weight is 564 g/mol. The molecule has 1 saturated heterocycles. The molecule has 0 saturated carbocycles. The van der Waals surface area contributed by atoms with Gasteiger partial charge in [0, 0.05) is 23.7 Å². The summed E-state index contributed by atoms with van der Waals surface area (Å²) in [6, 6.07) is 15.1. The first-order valence-electron chi connectivity index (χ1n) is 13.1. The molecule has 5 N–H and O–H groups in total. The Hall–Kier alpha value is -3.54. The van der Waals surface area contributed by atoms with Gasteiger partial charge in [-0.1, -0.05) is 31.2 Å². The standard InChI is InChI=1S/C28H33N7O2S2/c1-3-14-35(28-32-23(17-38-28)27-33-25(29)16-26(30)34-27)24-15-20(5-4-18(24)2)19-6-8-21(9-7-19)39(36,37)22-10-12-31-13-11-22/h4-9,15-17,22,31H,3,10-14H2,1-2H3,(H4,29,30,33,34). The van der Waals surface area contributed by atoms with Crippen LogP contribution in [0.5, 0.6) is 0 Å². The Morgan fingerprint density at radius 2 is 1.64 bits per heavy atom. The van der Waals surface area contributed by atoms with Gasteiger partial charge in [-0.25, -0.2) is 23.4 Å². The van der Waals surface area contributed by atoms with Crippen molar-refractivity contribution in [2.75, 3.05) is 36.0 Å². The van der Waals surface area contributed by atoms with Crippen LogP contribution in [0.2, 0.25) is 0 Å². The van der Waals surface area contributed by atoms with E-state index >= 15 is 0 Å². The van der Waals surface area contributed by atoms with Gasteiger partial charge >= 0.3 is 0 Å². The van der Waals surface area contributed by atoms with E-state index in [0.29, 0.717) is 40.9 Å². The number of anilines is 4. The van der Waals surface area contributed by atoms with Crippen molar-refractivity contribution in [3.63, 3.8) is 0 Å². The van der Waals surface area contributed by atoms with Crippen molar-refractivity contribution in [1.29, 1.82) is 0 Å². The SMILES string of the molecule is CCCN(c1nc(-c2nc(N)cc(N)n2)cs1)c1cc(-c2ccc(S(=O)(=O)C3CCNCC3)cc2)ccc1C. The predicted molar refractivity (Wildman–Crippen MR) is 159 cm³/mol. The molecule has 3 heterocycles. The highest BCUT2D eigenvalue weighted by Gasteiger charge is 2.28. The maximum atomic E-state index is 13.1. The normalized spacial score (nSPS) is 14.4. The van der Waals surface area contributed by atoms with E-state index in [4.69, 9.17) is 16.5 Å². The fraction of sp³-hybridized carbons (Fsp3) is 0.321. The Morgan fingerprint density at radius 1 is 0.974 bits per heavy atom. The first kappa shape index (κ1) is 27.0. The van der Waals surface area contributed by atoms with Crippen LogP contribution in [0, 0.1) is 6.92 Å². The number of thiazole rings is 1. The van der Waals surface area contributed by atoms with Gasteiger partial charge in [-0.3, -0.25) is 0 Å². The van der Waals surface area contributed by atoms with Gasteiger partial charge in [-0.2, -0.15) is 0 Å². The molecular formula is C28H33N7O2S2. The van der Waals surface area contributed by atoms with Crippen molar-refractivity contribution < 1.29 is 8.42 Å². The third-order valence-electron chi connectivity index (χ3n) is 6.91. The number of nitrogens with one attached hydrogen (secondary N) is 1. The van der Waals surface area contributed by atoms with Crippen LogP contribution in [0.1, 0.15) is 31.7 Å². The molecule has 1 aliphatic heterocycles. The van der Waals surface area contributed by atoms with E-state index in [-0.39, 0.29) is 5.25 Å². The second-order valence-electron chi connectivity index (χ2n) is 9.73. The second-order valence-corrected chi connectivity index (χ2v) is 12.8. The molecule has 2 aromatic heterocycles. The van der Waals surface area contributed by atoms with Gasteiger partial charge in [-0.05, 0) is 74.2 Å². The number of hydrogen-bond donors (Lipinski definition) is 3. The van der Waals surface area contributed by atoms with Gasteiger partial charge in [-0.15, -0.1) is 11.3 Å². The molecule has 0 amide bonds. The molecule has 9 nitrogen and oxygen atoms in total. The molecule has 0 unspecified atom stereocenters. The fourth-order valence-corrected chi connectivity index (χ4v) is 7.45. The van der Waals surface area contributed by atoms with Crippen LogP contribution in [0.25, 0.3) is 22.6 Å². The largest absolute Gasteiger partial charge is 0.384 e. The summed E-state index contributed by atoms with van der Waals surface area (Å²) in [6.45, 7) is 6.45. The molecule has 11 heteroatoms. The number of aromatic nitrogens is 3. The van der Waals surface area contributed by atoms with Crippen molar-refractivity contribution in [3.8, 4) is 22.6 Å². The molecule has 0 atom stereocenters. The van der Waals surface area contributed by atoms with E-state index in [9.17, 15) is 8.42 Å². The lowest BCUT2D eigenvalue weighted by Gasteiger charge is -2.24. The molecule has 2 aromatic carbocycles. The molecule has 0 bridgehead atoms. The lowest BCUT2D eigenvalue weighted by atomic mass is 10.0. The van der Waals surface area contributed by atoms with Crippen LogP contribution in [0.4, 0.5) is 22.5 Å². The zero-order chi connectivity index (χ0) is 27.6. The fourth-order valence-electron chi connectivity index (χ4n) is 4.85. The molecule has 4 aromatic rings. The summed E-state index contributed by atoms with van der Waals surface area (Å²) in [5, 5.41) is 5.64. The summed E-state index contributed by atoms with van der Waals surface area (Å²) in [7, 11) is -3.34. The second kappa shape index (κ2) is 11.3. The Bertz CT molecular complexity index is 1540. The van der Waals surface area contributed by atoms with E-state index in [2.05, 4.69) is 52.2 Å². The third-order valence-corrected chi connectivity index (χ3v) is 10.0. The van der Waals surface area contributed by atoms with Crippen molar-refractivity contribution in [3.05, 3.63) is 59.5 Å². The van der Waals surface area contributed by atoms with Gasteiger partial charge in [0.05, 0.1) is 10.1 Å². The monoisotopic (exact) mass is 563 g/mol. The Labute approximate surface area is 233 Å². The average Bonchev–Trinajstić information content (AvgIpc) is 3.42. The minimum atomic E-state index is -3.34.